The van der Waals surface area contributed by atoms with Crippen molar-refractivity contribution in [2.45, 2.75) is 19.4 Å². The van der Waals surface area contributed by atoms with E-state index >= 15 is 0 Å². The van der Waals surface area contributed by atoms with E-state index in [2.05, 4.69) is 19.9 Å². The van der Waals surface area contributed by atoms with E-state index in [0.717, 1.165) is 5.82 Å². The van der Waals surface area contributed by atoms with Crippen molar-refractivity contribution < 1.29 is 9.53 Å². The molecular weight excluding hydrogens is 208 g/mol. The molecule has 6 heteroatoms. The molecule has 16 heavy (non-hydrogen) atoms. The van der Waals surface area contributed by atoms with Crippen molar-refractivity contribution in [1.29, 1.82) is 0 Å². The van der Waals surface area contributed by atoms with Gasteiger partial charge >= 0.3 is 5.97 Å². The van der Waals surface area contributed by atoms with Crippen molar-refractivity contribution in [3.63, 3.8) is 0 Å². The zero-order valence-corrected chi connectivity index (χ0v) is 8.64. The van der Waals surface area contributed by atoms with Crippen molar-refractivity contribution in [2.24, 2.45) is 0 Å². The zero-order valence-electron chi connectivity index (χ0n) is 8.64. The summed E-state index contributed by atoms with van der Waals surface area (Å²) in [6.45, 7) is 0.185. The van der Waals surface area contributed by atoms with Crippen LogP contribution in [0.2, 0.25) is 0 Å². The molecule has 2 rings (SSSR count). The van der Waals surface area contributed by atoms with Crippen LogP contribution in [0.15, 0.2) is 24.8 Å². The Morgan fingerprint density at radius 3 is 2.50 bits per heavy atom. The number of nitrogens with zero attached hydrogens (tertiary/aromatic N) is 2. The number of aromatic amines is 2. The summed E-state index contributed by atoms with van der Waals surface area (Å²) >= 11 is 0. The number of esters is 1. The number of hydrogen-bond acceptors (Lipinski definition) is 4. The summed E-state index contributed by atoms with van der Waals surface area (Å²) < 4.78 is 5.01. The molecule has 0 bridgehead atoms. The van der Waals surface area contributed by atoms with E-state index in [1.54, 1.807) is 24.8 Å². The minimum atomic E-state index is -0.257. The Labute approximate surface area is 92.1 Å². The third-order valence-electron chi connectivity index (χ3n) is 2.05. The van der Waals surface area contributed by atoms with Gasteiger partial charge in [0.05, 0.1) is 6.42 Å². The molecule has 2 aromatic rings. The Balaban J connectivity index is 1.69. The predicted octanol–water partition coefficient (Wildman–Crippen LogP) is 0.809. The van der Waals surface area contributed by atoms with E-state index in [1.165, 1.54) is 0 Å². The monoisotopic (exact) mass is 220 g/mol. The Morgan fingerprint density at radius 1 is 1.19 bits per heavy atom. The lowest BCUT2D eigenvalue weighted by atomic mass is 10.3. The lowest BCUT2D eigenvalue weighted by Gasteiger charge is -2.01. The van der Waals surface area contributed by atoms with Crippen LogP contribution in [0.3, 0.4) is 0 Å². The molecule has 0 aliphatic heterocycles. The number of aromatic nitrogens is 4. The van der Waals surface area contributed by atoms with E-state index in [0.29, 0.717) is 18.7 Å². The third-order valence-corrected chi connectivity index (χ3v) is 2.05. The molecule has 0 amide bonds. The van der Waals surface area contributed by atoms with Gasteiger partial charge in [0, 0.05) is 31.2 Å². The highest BCUT2D eigenvalue weighted by atomic mass is 16.5. The van der Waals surface area contributed by atoms with E-state index in [1.807, 2.05) is 0 Å². The van der Waals surface area contributed by atoms with Crippen LogP contribution in [-0.2, 0) is 22.6 Å². The molecule has 2 N–H and O–H groups in total. The van der Waals surface area contributed by atoms with Gasteiger partial charge in [-0.3, -0.25) is 4.79 Å². The average Bonchev–Trinajstić information content (AvgIpc) is 2.96. The Kier molecular flexibility index (Phi) is 3.32. The van der Waals surface area contributed by atoms with Gasteiger partial charge in [-0.15, -0.1) is 0 Å². The van der Waals surface area contributed by atoms with Crippen molar-refractivity contribution >= 4 is 5.97 Å². The summed E-state index contributed by atoms with van der Waals surface area (Å²) in [5, 5.41) is 0. The molecule has 0 aliphatic rings. The largest absolute Gasteiger partial charge is 0.458 e. The highest BCUT2D eigenvalue weighted by Gasteiger charge is 2.05. The maximum atomic E-state index is 11.3. The molecule has 0 saturated heterocycles. The van der Waals surface area contributed by atoms with Crippen molar-refractivity contribution in [1.82, 2.24) is 19.9 Å². The third kappa shape index (κ3) is 2.94. The first kappa shape index (κ1) is 10.4. The standard InChI is InChI=1S/C10H12N4O2/c15-10(2-1-8-11-3-4-12-8)16-7-9-13-5-6-14-9/h3-6H,1-2,7H2,(H,11,12)(H,13,14). The molecule has 0 atom stereocenters. The number of aryl methyl sites for hydroxylation is 1. The van der Waals surface area contributed by atoms with Crippen LogP contribution in [0.5, 0.6) is 0 Å². The summed E-state index contributed by atoms with van der Waals surface area (Å²) in [7, 11) is 0. The van der Waals surface area contributed by atoms with E-state index < -0.39 is 0 Å². The molecule has 2 aromatic heterocycles. The Morgan fingerprint density at radius 2 is 1.88 bits per heavy atom. The molecule has 6 nitrogen and oxygen atoms in total. The van der Waals surface area contributed by atoms with Gasteiger partial charge in [0.15, 0.2) is 0 Å². The van der Waals surface area contributed by atoms with Gasteiger partial charge in [0.25, 0.3) is 0 Å². The molecule has 0 aliphatic carbocycles. The van der Waals surface area contributed by atoms with Gasteiger partial charge in [-0.25, -0.2) is 9.97 Å². The van der Waals surface area contributed by atoms with Crippen molar-refractivity contribution in [3.8, 4) is 0 Å². The number of carbonyl (C=O) groups excluding carboxylic acids is 1. The maximum absolute atomic E-state index is 11.3. The van der Waals surface area contributed by atoms with Crippen LogP contribution in [0.4, 0.5) is 0 Å². The van der Waals surface area contributed by atoms with Gasteiger partial charge in [0.1, 0.15) is 18.3 Å². The quantitative estimate of drug-likeness (QED) is 0.730. The molecule has 0 unspecified atom stereocenters. The van der Waals surface area contributed by atoms with Crippen LogP contribution in [-0.4, -0.2) is 25.9 Å². The van der Waals surface area contributed by atoms with Gasteiger partial charge in [-0.1, -0.05) is 0 Å². The summed E-state index contributed by atoms with van der Waals surface area (Å²) in [5.41, 5.74) is 0. The van der Waals surface area contributed by atoms with E-state index in [4.69, 9.17) is 4.74 Å². The number of rotatable bonds is 5. The number of H-pyrrole nitrogens is 2. The molecular formula is C10H12N4O2. The Hall–Kier alpha value is -2.11. The fourth-order valence-electron chi connectivity index (χ4n) is 1.25. The predicted molar refractivity (Wildman–Crippen MR) is 55.3 cm³/mol. The summed E-state index contributed by atoms with van der Waals surface area (Å²) in [5.74, 6) is 1.18. The average molecular weight is 220 g/mol. The zero-order chi connectivity index (χ0) is 11.2. The highest BCUT2D eigenvalue weighted by Crippen LogP contribution is 1.99. The number of carbonyl (C=O) groups is 1. The second-order valence-electron chi connectivity index (χ2n) is 3.23. The van der Waals surface area contributed by atoms with Crippen molar-refractivity contribution in [2.75, 3.05) is 0 Å². The fourth-order valence-corrected chi connectivity index (χ4v) is 1.25. The molecule has 0 radical (unpaired) electrons. The minimum absolute atomic E-state index is 0.185. The van der Waals surface area contributed by atoms with Crippen LogP contribution in [0, 0.1) is 0 Å². The van der Waals surface area contributed by atoms with Crippen LogP contribution >= 0.6 is 0 Å². The van der Waals surface area contributed by atoms with Gasteiger partial charge in [-0.2, -0.15) is 0 Å². The second kappa shape index (κ2) is 5.11. The van der Waals surface area contributed by atoms with Gasteiger partial charge < -0.3 is 14.7 Å². The SMILES string of the molecule is O=C(CCc1ncc[nH]1)OCc1ncc[nH]1. The molecule has 0 aromatic carbocycles. The lowest BCUT2D eigenvalue weighted by molar-refractivity contribution is -0.145. The van der Waals surface area contributed by atoms with Crippen molar-refractivity contribution in [3.05, 3.63) is 36.4 Å². The van der Waals surface area contributed by atoms with Crippen LogP contribution < -0.4 is 0 Å². The first-order chi connectivity index (χ1) is 7.84. The molecule has 0 saturated carbocycles. The Bertz CT molecular complexity index is 381. The second-order valence-corrected chi connectivity index (χ2v) is 3.23. The lowest BCUT2D eigenvalue weighted by Crippen LogP contribution is -2.07. The molecule has 0 spiro atoms. The van der Waals surface area contributed by atoms with Crippen LogP contribution in [0.25, 0.3) is 0 Å². The van der Waals surface area contributed by atoms with Gasteiger partial charge in [0.2, 0.25) is 0 Å². The number of ether oxygens (including phenoxy) is 1. The molecule has 84 valence electrons. The normalized spacial score (nSPS) is 10.2. The smallest absolute Gasteiger partial charge is 0.306 e. The van der Waals surface area contributed by atoms with Crippen LogP contribution in [0.1, 0.15) is 18.1 Å². The number of hydrogen-bond donors (Lipinski definition) is 2. The summed E-state index contributed by atoms with van der Waals surface area (Å²) in [4.78, 5) is 25.1. The number of imidazole rings is 2. The minimum Gasteiger partial charge on any atom is -0.458 e. The van der Waals surface area contributed by atoms with E-state index in [-0.39, 0.29) is 12.6 Å². The van der Waals surface area contributed by atoms with Gasteiger partial charge in [-0.05, 0) is 0 Å². The molecule has 0 fully saturated rings. The summed E-state index contributed by atoms with van der Waals surface area (Å²) in [6.07, 6.45) is 7.56. The molecule has 2 heterocycles. The topological polar surface area (TPSA) is 83.7 Å². The fraction of sp³-hybridized carbons (Fsp3) is 0.300. The first-order valence-corrected chi connectivity index (χ1v) is 4.97. The first-order valence-electron chi connectivity index (χ1n) is 4.97. The number of nitrogens with one attached hydrogen (secondary N) is 2. The summed E-state index contributed by atoms with van der Waals surface area (Å²) in [6, 6.07) is 0. The highest BCUT2D eigenvalue weighted by molar-refractivity contribution is 5.69. The van der Waals surface area contributed by atoms with E-state index in [9.17, 15) is 4.79 Å². The maximum Gasteiger partial charge on any atom is 0.306 e.